The number of thiol groups is 1. The van der Waals surface area contributed by atoms with Crippen molar-refractivity contribution < 1.29 is 19.0 Å². The summed E-state index contributed by atoms with van der Waals surface area (Å²) in [6.07, 6.45) is -0.592. The van der Waals surface area contributed by atoms with Gasteiger partial charge in [0.15, 0.2) is 11.5 Å². The van der Waals surface area contributed by atoms with E-state index in [1.807, 2.05) is 24.3 Å². The Hall–Kier alpha value is -3.31. The highest BCUT2D eigenvalue weighted by atomic mass is 32.1. The van der Waals surface area contributed by atoms with Gasteiger partial charge in [0.05, 0.1) is 26.4 Å². The monoisotopic (exact) mass is 397 g/mol. The van der Waals surface area contributed by atoms with Crippen LogP contribution in [0.25, 0.3) is 0 Å². The number of ether oxygens (including phenoxy) is 3. The Labute approximate surface area is 168 Å². The lowest BCUT2D eigenvalue weighted by atomic mass is 10.1. The van der Waals surface area contributed by atoms with Gasteiger partial charge in [-0.25, -0.2) is 0 Å². The van der Waals surface area contributed by atoms with Crippen LogP contribution in [0.4, 0.5) is 5.69 Å². The van der Waals surface area contributed by atoms with E-state index >= 15 is 0 Å². The summed E-state index contributed by atoms with van der Waals surface area (Å²) in [6, 6.07) is 14.5. The number of nitrogens with one attached hydrogen (secondary N) is 1. The SMILES string of the molecule is COc1ccc(N2C(S)=C(C#N)C(=O)N[C@@H]2c2ccc(OC)c(OC)c2)cc1. The fraction of sp³-hybridized carbons (Fsp3) is 0.200. The smallest absolute Gasteiger partial charge is 0.266 e. The number of amides is 1. The zero-order valence-electron chi connectivity index (χ0n) is 15.6. The second-order valence-electron chi connectivity index (χ2n) is 5.87. The van der Waals surface area contributed by atoms with E-state index in [-0.39, 0.29) is 10.6 Å². The van der Waals surface area contributed by atoms with Crippen molar-refractivity contribution in [3.8, 4) is 23.3 Å². The molecule has 0 aromatic heterocycles. The van der Waals surface area contributed by atoms with Gasteiger partial charge in [-0.2, -0.15) is 5.26 Å². The number of hydrogen-bond donors (Lipinski definition) is 2. The predicted octanol–water partition coefficient (Wildman–Crippen LogP) is 3.01. The van der Waals surface area contributed by atoms with Crippen LogP contribution in [-0.4, -0.2) is 27.2 Å². The minimum absolute atomic E-state index is 0.0594. The van der Waals surface area contributed by atoms with E-state index in [9.17, 15) is 10.1 Å². The molecular weight excluding hydrogens is 378 g/mol. The highest BCUT2D eigenvalue weighted by Gasteiger charge is 2.34. The van der Waals surface area contributed by atoms with Gasteiger partial charge >= 0.3 is 0 Å². The molecular formula is C20H19N3O4S. The van der Waals surface area contributed by atoms with Crippen LogP contribution in [0.1, 0.15) is 11.7 Å². The predicted molar refractivity (Wildman–Crippen MR) is 108 cm³/mol. The van der Waals surface area contributed by atoms with Crippen molar-refractivity contribution in [1.29, 1.82) is 5.26 Å². The summed E-state index contributed by atoms with van der Waals surface area (Å²) in [7, 11) is 4.68. The van der Waals surface area contributed by atoms with E-state index in [4.69, 9.17) is 14.2 Å². The Kier molecular flexibility index (Phi) is 5.66. The second-order valence-corrected chi connectivity index (χ2v) is 6.29. The first-order valence-corrected chi connectivity index (χ1v) is 8.78. The third-order valence-corrected chi connectivity index (χ3v) is 4.83. The maximum Gasteiger partial charge on any atom is 0.266 e. The maximum atomic E-state index is 12.4. The van der Waals surface area contributed by atoms with Gasteiger partial charge in [0.2, 0.25) is 0 Å². The quantitative estimate of drug-likeness (QED) is 0.755. The lowest BCUT2D eigenvalue weighted by Gasteiger charge is -2.38. The fourth-order valence-electron chi connectivity index (χ4n) is 2.98. The van der Waals surface area contributed by atoms with E-state index in [2.05, 4.69) is 17.9 Å². The number of anilines is 1. The van der Waals surface area contributed by atoms with Crippen LogP contribution in [0.5, 0.6) is 17.2 Å². The van der Waals surface area contributed by atoms with Crippen LogP contribution in [0.15, 0.2) is 53.1 Å². The molecule has 0 aliphatic carbocycles. The molecule has 0 unspecified atom stereocenters. The topological polar surface area (TPSA) is 83.8 Å². The van der Waals surface area contributed by atoms with Crippen molar-refractivity contribution in [2.24, 2.45) is 0 Å². The van der Waals surface area contributed by atoms with Crippen LogP contribution in [0, 0.1) is 11.3 Å². The highest BCUT2D eigenvalue weighted by molar-refractivity contribution is 7.84. The third kappa shape index (κ3) is 3.44. The largest absolute Gasteiger partial charge is 0.497 e. The maximum absolute atomic E-state index is 12.4. The van der Waals surface area contributed by atoms with Crippen LogP contribution >= 0.6 is 12.6 Å². The Balaban J connectivity index is 2.13. The molecule has 3 rings (SSSR count). The molecule has 1 aliphatic rings. The van der Waals surface area contributed by atoms with Gasteiger partial charge in [0.25, 0.3) is 5.91 Å². The van der Waals surface area contributed by atoms with Crippen molar-refractivity contribution in [2.75, 3.05) is 26.2 Å². The molecule has 0 spiro atoms. The fourth-order valence-corrected chi connectivity index (χ4v) is 3.36. The molecule has 0 saturated carbocycles. The molecule has 7 nitrogen and oxygen atoms in total. The number of methoxy groups -OCH3 is 3. The Bertz CT molecular complexity index is 966. The molecule has 8 heteroatoms. The second kappa shape index (κ2) is 8.15. The summed E-state index contributed by atoms with van der Waals surface area (Å²) in [5.74, 6) is 1.30. The van der Waals surface area contributed by atoms with Crippen molar-refractivity contribution in [3.63, 3.8) is 0 Å². The number of carbonyl (C=O) groups is 1. The first-order valence-electron chi connectivity index (χ1n) is 8.33. The van der Waals surface area contributed by atoms with Gasteiger partial charge in [-0.3, -0.25) is 4.79 Å². The zero-order valence-corrected chi connectivity index (χ0v) is 16.5. The molecule has 144 valence electrons. The molecule has 0 bridgehead atoms. The average molecular weight is 397 g/mol. The lowest BCUT2D eigenvalue weighted by molar-refractivity contribution is -0.118. The number of carbonyl (C=O) groups excluding carboxylic acids is 1. The van der Waals surface area contributed by atoms with Gasteiger partial charge in [-0.05, 0) is 42.0 Å². The number of nitriles is 1. The standard InChI is InChI=1S/C20H19N3O4S/c1-25-14-7-5-13(6-8-14)23-18(22-19(24)15(11-21)20(23)28)12-4-9-16(26-2)17(10-12)27-3/h4-10,18,28H,1-3H3,(H,22,24)/t18-/m0/s1. The van der Waals surface area contributed by atoms with Crippen molar-refractivity contribution in [2.45, 2.75) is 6.17 Å². The molecule has 28 heavy (non-hydrogen) atoms. The number of benzene rings is 2. The van der Waals surface area contributed by atoms with E-state index in [1.54, 1.807) is 50.5 Å². The first kappa shape index (κ1) is 19.5. The van der Waals surface area contributed by atoms with Crippen LogP contribution in [-0.2, 0) is 4.79 Å². The highest BCUT2D eigenvalue weighted by Crippen LogP contribution is 2.38. The normalized spacial score (nSPS) is 16.3. The van der Waals surface area contributed by atoms with Crippen molar-refractivity contribution >= 4 is 24.2 Å². The molecule has 1 amide bonds. The third-order valence-electron chi connectivity index (χ3n) is 4.39. The zero-order chi connectivity index (χ0) is 20.3. The summed E-state index contributed by atoms with van der Waals surface area (Å²) >= 11 is 4.48. The van der Waals surface area contributed by atoms with Gasteiger partial charge < -0.3 is 24.4 Å². The first-order chi connectivity index (χ1) is 13.5. The van der Waals surface area contributed by atoms with E-state index in [0.717, 1.165) is 11.3 Å². The van der Waals surface area contributed by atoms with E-state index in [1.165, 1.54) is 0 Å². The molecule has 0 saturated heterocycles. The molecule has 1 aliphatic heterocycles. The van der Waals surface area contributed by atoms with Crippen LogP contribution < -0.4 is 24.4 Å². The molecule has 1 N–H and O–H groups in total. The molecule has 2 aromatic carbocycles. The molecule has 0 radical (unpaired) electrons. The Morgan fingerprint density at radius 3 is 2.29 bits per heavy atom. The van der Waals surface area contributed by atoms with Crippen molar-refractivity contribution in [1.82, 2.24) is 5.32 Å². The summed E-state index contributed by atoms with van der Waals surface area (Å²) in [5, 5.41) is 12.5. The van der Waals surface area contributed by atoms with Gasteiger partial charge in [-0.15, -0.1) is 12.6 Å². The van der Waals surface area contributed by atoms with Gasteiger partial charge in [0, 0.05) is 5.69 Å². The number of hydrogen-bond acceptors (Lipinski definition) is 7. The molecule has 0 fully saturated rings. The minimum Gasteiger partial charge on any atom is -0.497 e. The van der Waals surface area contributed by atoms with Crippen LogP contribution in [0.3, 0.4) is 0 Å². The molecule has 1 heterocycles. The summed E-state index contributed by atoms with van der Waals surface area (Å²) in [5.41, 5.74) is 1.42. The van der Waals surface area contributed by atoms with E-state index in [0.29, 0.717) is 17.2 Å². The van der Waals surface area contributed by atoms with Gasteiger partial charge in [0.1, 0.15) is 23.6 Å². The van der Waals surface area contributed by atoms with Crippen molar-refractivity contribution in [3.05, 3.63) is 58.6 Å². The molecule has 2 aromatic rings. The minimum atomic E-state index is -0.592. The lowest BCUT2D eigenvalue weighted by Crippen LogP contribution is -2.46. The summed E-state index contributed by atoms with van der Waals surface area (Å²) < 4.78 is 15.9. The summed E-state index contributed by atoms with van der Waals surface area (Å²) in [4.78, 5) is 14.2. The summed E-state index contributed by atoms with van der Waals surface area (Å²) in [6.45, 7) is 0. The number of nitrogens with zero attached hydrogens (tertiary/aromatic N) is 2. The van der Waals surface area contributed by atoms with E-state index < -0.39 is 12.1 Å². The Morgan fingerprint density at radius 2 is 1.71 bits per heavy atom. The Morgan fingerprint density at radius 1 is 1.04 bits per heavy atom. The van der Waals surface area contributed by atoms with Gasteiger partial charge in [-0.1, -0.05) is 6.07 Å². The number of rotatable bonds is 5. The van der Waals surface area contributed by atoms with Crippen LogP contribution in [0.2, 0.25) is 0 Å². The average Bonchev–Trinajstić information content (AvgIpc) is 2.73. The molecule has 1 atom stereocenters.